The Labute approximate surface area is 394 Å². The molecular weight excluding hydrogens is 867 g/mol. The summed E-state index contributed by atoms with van der Waals surface area (Å²) in [6, 6.07) is 23.7. The van der Waals surface area contributed by atoms with Crippen molar-refractivity contribution in [3.05, 3.63) is 124 Å². The third kappa shape index (κ3) is 8.62. The zero-order valence-corrected chi connectivity index (χ0v) is 40.9. The maximum Gasteiger partial charge on any atom is 0.270 e. The van der Waals surface area contributed by atoms with Crippen molar-refractivity contribution >= 4 is 51.8 Å². The van der Waals surface area contributed by atoms with Crippen LogP contribution in [0, 0.1) is 0 Å². The van der Waals surface area contributed by atoms with Crippen molar-refractivity contribution in [1.29, 1.82) is 0 Å². The van der Waals surface area contributed by atoms with Gasteiger partial charge in [0.15, 0.2) is 0 Å². The average Bonchev–Trinajstić information content (AvgIpc) is 4.14. The van der Waals surface area contributed by atoms with E-state index in [0.29, 0.717) is 40.7 Å². The SMILES string of the molecule is COc1cc2c(cc1N)-c1c(-c3cccs3)cc(C(=O)N(C)C(C)(C)C)n1CC2.COc1cc2c(cc1NC(=O)c1cccnc1)-c1c(-c3cccs3)cc(C(=O)N(C)C(C)(C)C)n1CC2. The highest BCUT2D eigenvalue weighted by atomic mass is 32.1. The molecule has 342 valence electrons. The van der Waals surface area contributed by atoms with Crippen molar-refractivity contribution in [3.63, 3.8) is 0 Å². The Morgan fingerprint density at radius 2 is 1.18 bits per heavy atom. The molecule has 14 heteroatoms. The molecule has 0 spiro atoms. The average molecular weight is 924 g/mol. The lowest BCUT2D eigenvalue weighted by Crippen LogP contribution is -2.43. The van der Waals surface area contributed by atoms with Gasteiger partial charge < -0.3 is 39.5 Å². The Bertz CT molecular complexity index is 2940. The number of thiophene rings is 2. The lowest BCUT2D eigenvalue weighted by Gasteiger charge is -2.32. The topological polar surface area (TPSA) is 137 Å². The minimum Gasteiger partial charge on any atom is -0.495 e. The number of carbonyl (C=O) groups is 3. The molecule has 0 bridgehead atoms. The number of anilines is 2. The summed E-state index contributed by atoms with van der Waals surface area (Å²) in [7, 11) is 6.95. The van der Waals surface area contributed by atoms with Crippen molar-refractivity contribution in [2.24, 2.45) is 0 Å². The van der Waals surface area contributed by atoms with Gasteiger partial charge in [0.25, 0.3) is 17.7 Å². The molecule has 0 unspecified atom stereocenters. The van der Waals surface area contributed by atoms with E-state index in [9.17, 15) is 14.4 Å². The molecule has 3 amide bonds. The van der Waals surface area contributed by atoms with E-state index in [4.69, 9.17) is 15.2 Å². The van der Waals surface area contributed by atoms with Crippen LogP contribution in [-0.2, 0) is 25.9 Å². The third-order valence-electron chi connectivity index (χ3n) is 12.6. The van der Waals surface area contributed by atoms with Crippen LogP contribution in [0.2, 0.25) is 0 Å². The van der Waals surface area contributed by atoms with Gasteiger partial charge in [0.2, 0.25) is 0 Å². The molecule has 12 nitrogen and oxygen atoms in total. The molecule has 7 heterocycles. The summed E-state index contributed by atoms with van der Waals surface area (Å²) < 4.78 is 15.4. The van der Waals surface area contributed by atoms with Gasteiger partial charge in [0.05, 0.1) is 42.5 Å². The zero-order valence-electron chi connectivity index (χ0n) is 39.2. The number of methoxy groups -OCH3 is 2. The lowest BCUT2D eigenvalue weighted by molar-refractivity contribution is 0.0635. The Kier molecular flexibility index (Phi) is 12.5. The Hall–Kier alpha value is -6.64. The van der Waals surface area contributed by atoms with Gasteiger partial charge >= 0.3 is 0 Å². The number of nitrogens with zero attached hydrogens (tertiary/aromatic N) is 5. The second kappa shape index (κ2) is 18.0. The largest absolute Gasteiger partial charge is 0.495 e. The van der Waals surface area contributed by atoms with Crippen LogP contribution < -0.4 is 20.5 Å². The molecule has 0 aliphatic carbocycles. The molecule has 3 N–H and O–H groups in total. The molecular formula is C52H57N7O5S2. The molecule has 2 aliphatic rings. The molecule has 5 aromatic heterocycles. The summed E-state index contributed by atoms with van der Waals surface area (Å²) in [4.78, 5) is 49.9. The first-order valence-corrected chi connectivity index (χ1v) is 23.7. The monoisotopic (exact) mass is 923 g/mol. The van der Waals surface area contributed by atoms with Gasteiger partial charge in [-0.1, -0.05) is 12.1 Å². The van der Waals surface area contributed by atoms with Crippen molar-refractivity contribution in [1.82, 2.24) is 23.9 Å². The van der Waals surface area contributed by atoms with Crippen molar-refractivity contribution in [2.75, 3.05) is 39.4 Å². The molecule has 2 aromatic carbocycles. The lowest BCUT2D eigenvalue weighted by atomic mass is 9.94. The predicted octanol–water partition coefficient (Wildman–Crippen LogP) is 10.9. The Balaban J connectivity index is 0.000000185. The van der Waals surface area contributed by atoms with Crippen LogP contribution in [0.4, 0.5) is 11.4 Å². The van der Waals surface area contributed by atoms with Gasteiger partial charge in [-0.2, -0.15) is 0 Å². The number of amides is 3. The number of nitrogen functional groups attached to an aromatic ring is 1. The first kappa shape index (κ1) is 45.9. The molecule has 0 saturated heterocycles. The molecule has 0 atom stereocenters. The van der Waals surface area contributed by atoms with Crippen LogP contribution >= 0.6 is 22.7 Å². The van der Waals surface area contributed by atoms with Gasteiger partial charge in [0, 0.05) is 82.7 Å². The van der Waals surface area contributed by atoms with Gasteiger partial charge in [-0.3, -0.25) is 19.4 Å². The van der Waals surface area contributed by atoms with E-state index in [1.165, 1.54) is 11.8 Å². The number of nitrogens with one attached hydrogen (secondary N) is 1. The summed E-state index contributed by atoms with van der Waals surface area (Å²) in [5.74, 6) is 1.05. The Morgan fingerprint density at radius 1 is 0.682 bits per heavy atom. The van der Waals surface area contributed by atoms with E-state index < -0.39 is 0 Å². The normalized spacial score (nSPS) is 12.7. The molecule has 0 saturated carbocycles. The first-order chi connectivity index (χ1) is 31.4. The zero-order chi connectivity index (χ0) is 47.2. The number of fused-ring (bicyclic) bond motifs is 6. The highest BCUT2D eigenvalue weighted by Crippen LogP contribution is 2.46. The summed E-state index contributed by atoms with van der Waals surface area (Å²) >= 11 is 3.32. The molecule has 7 aromatic rings. The summed E-state index contributed by atoms with van der Waals surface area (Å²) in [5.41, 5.74) is 17.2. The number of nitrogens with two attached hydrogens (primary N) is 1. The van der Waals surface area contributed by atoms with Gasteiger partial charge in [-0.15, -0.1) is 22.7 Å². The number of aryl methyl sites for hydroxylation is 2. The minimum atomic E-state index is -0.311. The van der Waals surface area contributed by atoms with Crippen LogP contribution in [0.5, 0.6) is 11.5 Å². The van der Waals surface area contributed by atoms with Crippen LogP contribution in [-0.4, -0.2) is 81.0 Å². The van der Waals surface area contributed by atoms with E-state index in [1.54, 1.807) is 60.1 Å². The number of pyridine rings is 1. The quantitative estimate of drug-likeness (QED) is 0.145. The minimum absolute atomic E-state index is 0.0152. The van der Waals surface area contributed by atoms with E-state index in [0.717, 1.165) is 74.0 Å². The fourth-order valence-electron chi connectivity index (χ4n) is 8.40. The molecule has 66 heavy (non-hydrogen) atoms. The van der Waals surface area contributed by atoms with Crippen molar-refractivity contribution < 1.29 is 23.9 Å². The maximum absolute atomic E-state index is 13.7. The van der Waals surface area contributed by atoms with Gasteiger partial charge in [0.1, 0.15) is 22.9 Å². The molecule has 0 fully saturated rings. The van der Waals surface area contributed by atoms with E-state index in [2.05, 4.69) is 36.9 Å². The number of benzene rings is 2. The standard InChI is InChI=1S/C29H30N4O3S.C23H27N3O2S/c1-29(2,3)32(4)28(35)23-16-21(25-9-7-13-37-25)26-20-15-22(31-27(34)19-8-6-11-30-17-19)24(36-5)14-18(20)10-12-33(23)26;1-23(2,3)25(4)22(27)18-13-16(20-7-6-10-29-20)21-15-12-17(24)19(28-5)11-14(15)8-9-26(18)21/h6-9,11,13-17H,10,12H2,1-5H3,(H,31,34);6-7,10-13H,8-9,24H2,1-5H3. The highest BCUT2D eigenvalue weighted by molar-refractivity contribution is 7.13. The van der Waals surface area contributed by atoms with Crippen molar-refractivity contribution in [2.45, 2.75) is 78.6 Å². The maximum atomic E-state index is 13.7. The summed E-state index contributed by atoms with van der Waals surface area (Å²) in [6.07, 6.45) is 4.74. The van der Waals surface area contributed by atoms with Gasteiger partial charge in [-0.25, -0.2) is 0 Å². The molecule has 9 rings (SSSR count). The second-order valence-corrected chi connectivity index (χ2v) is 20.5. The smallest absolute Gasteiger partial charge is 0.270 e. The van der Waals surface area contributed by atoms with Gasteiger partial charge in [-0.05, 0) is 137 Å². The van der Waals surface area contributed by atoms with Crippen LogP contribution in [0.1, 0.15) is 84.0 Å². The van der Waals surface area contributed by atoms with E-state index in [1.807, 2.05) is 114 Å². The van der Waals surface area contributed by atoms with E-state index >= 15 is 0 Å². The second-order valence-electron chi connectivity index (χ2n) is 18.6. The van der Waals surface area contributed by atoms with Crippen LogP contribution in [0.3, 0.4) is 0 Å². The molecule has 2 aliphatic heterocycles. The van der Waals surface area contributed by atoms with Crippen LogP contribution in [0.25, 0.3) is 43.4 Å². The van der Waals surface area contributed by atoms with E-state index in [-0.39, 0.29) is 28.8 Å². The Morgan fingerprint density at radius 3 is 1.62 bits per heavy atom. The summed E-state index contributed by atoms with van der Waals surface area (Å²) in [5, 5.41) is 7.10. The van der Waals surface area contributed by atoms with Crippen molar-refractivity contribution in [3.8, 4) is 54.9 Å². The number of ether oxygens (including phenoxy) is 2. The first-order valence-electron chi connectivity index (χ1n) is 21.9. The predicted molar refractivity (Wildman–Crippen MR) is 267 cm³/mol. The fourth-order valence-corrected chi connectivity index (χ4v) is 9.89. The number of carbonyl (C=O) groups excluding carboxylic acids is 3. The molecule has 0 radical (unpaired) electrons. The highest BCUT2D eigenvalue weighted by Gasteiger charge is 2.34. The van der Waals surface area contributed by atoms with Crippen LogP contribution in [0.15, 0.2) is 96.0 Å². The fraction of sp³-hybridized carbons (Fsp3) is 0.308. The number of hydrogen-bond donors (Lipinski definition) is 2. The summed E-state index contributed by atoms with van der Waals surface area (Å²) in [6.45, 7) is 13.7. The number of rotatable bonds is 8. The number of hydrogen-bond acceptors (Lipinski definition) is 9. The number of aromatic nitrogens is 3. The third-order valence-corrected chi connectivity index (χ3v) is 14.4.